The van der Waals surface area contributed by atoms with Crippen molar-refractivity contribution in [3.8, 4) is 0 Å². The number of hydrogen-bond donors (Lipinski definition) is 1. The van der Waals surface area contributed by atoms with Crippen LogP contribution in [-0.2, 0) is 11.2 Å². The van der Waals surface area contributed by atoms with Gasteiger partial charge in [-0.15, -0.1) is 0 Å². The van der Waals surface area contributed by atoms with E-state index in [-0.39, 0.29) is 0 Å². The van der Waals surface area contributed by atoms with Gasteiger partial charge >= 0.3 is 0 Å². The Bertz CT molecular complexity index is 433. The number of likely N-dealkylation sites (N-methyl/N-ethyl adjacent to an activating group) is 1. The second kappa shape index (κ2) is 8.44. The van der Waals surface area contributed by atoms with Crippen LogP contribution in [-0.4, -0.2) is 25.3 Å². The normalized spacial score (nSPS) is 19.9. The van der Waals surface area contributed by atoms with Crippen molar-refractivity contribution >= 4 is 0 Å². The van der Waals surface area contributed by atoms with Gasteiger partial charge in [-0.25, -0.2) is 8.78 Å². The zero-order valence-corrected chi connectivity index (χ0v) is 12.7. The van der Waals surface area contributed by atoms with Gasteiger partial charge in [0.25, 0.3) is 0 Å². The van der Waals surface area contributed by atoms with Crippen molar-refractivity contribution < 1.29 is 13.5 Å². The van der Waals surface area contributed by atoms with Gasteiger partial charge in [-0.1, -0.05) is 13.0 Å². The van der Waals surface area contributed by atoms with Gasteiger partial charge in [-0.05, 0) is 62.8 Å². The molecule has 0 radical (unpaired) electrons. The van der Waals surface area contributed by atoms with Crippen molar-refractivity contribution in [2.75, 3.05) is 13.2 Å². The first-order valence-electron chi connectivity index (χ1n) is 7.98. The van der Waals surface area contributed by atoms with E-state index in [0.717, 1.165) is 44.4 Å². The number of benzene rings is 1. The van der Waals surface area contributed by atoms with E-state index in [1.165, 1.54) is 25.0 Å². The first kappa shape index (κ1) is 16.4. The molecule has 1 aliphatic heterocycles. The van der Waals surface area contributed by atoms with Gasteiger partial charge < -0.3 is 10.1 Å². The minimum absolute atomic E-state index is 0.307. The van der Waals surface area contributed by atoms with Crippen LogP contribution in [0.15, 0.2) is 18.2 Å². The fourth-order valence-electron chi connectivity index (χ4n) is 2.98. The second-order valence-electron chi connectivity index (χ2n) is 5.77. The molecule has 2 rings (SSSR count). The zero-order chi connectivity index (χ0) is 15.1. The number of ether oxygens (including phenoxy) is 1. The smallest absolute Gasteiger partial charge is 0.159 e. The molecule has 1 aliphatic rings. The van der Waals surface area contributed by atoms with Crippen molar-refractivity contribution in [1.29, 1.82) is 0 Å². The molecule has 1 aromatic rings. The van der Waals surface area contributed by atoms with Gasteiger partial charge in [-0.2, -0.15) is 0 Å². The van der Waals surface area contributed by atoms with Gasteiger partial charge in [0.1, 0.15) is 0 Å². The largest absolute Gasteiger partial charge is 0.378 e. The molecule has 1 N–H and O–H groups in total. The summed E-state index contributed by atoms with van der Waals surface area (Å²) in [6, 6.07) is 4.49. The van der Waals surface area contributed by atoms with Crippen molar-refractivity contribution in [2.24, 2.45) is 0 Å². The zero-order valence-electron chi connectivity index (χ0n) is 12.7. The molecule has 2 unspecified atom stereocenters. The minimum atomic E-state index is -0.780. The molecule has 1 saturated heterocycles. The summed E-state index contributed by atoms with van der Waals surface area (Å²) in [6.07, 6.45) is 6.75. The fraction of sp³-hybridized carbons (Fsp3) is 0.647. The summed E-state index contributed by atoms with van der Waals surface area (Å²) in [7, 11) is 0. The molecule has 1 aromatic carbocycles. The molecule has 4 heteroatoms. The average Bonchev–Trinajstić information content (AvgIpc) is 2.96. The van der Waals surface area contributed by atoms with Gasteiger partial charge in [-0.3, -0.25) is 0 Å². The summed E-state index contributed by atoms with van der Waals surface area (Å²) in [6.45, 7) is 3.85. The number of halogens is 2. The highest BCUT2D eigenvalue weighted by atomic mass is 19.2. The van der Waals surface area contributed by atoms with Crippen LogP contribution in [0.4, 0.5) is 8.78 Å². The Morgan fingerprint density at radius 2 is 2.19 bits per heavy atom. The first-order valence-corrected chi connectivity index (χ1v) is 7.98. The molecule has 0 saturated carbocycles. The summed E-state index contributed by atoms with van der Waals surface area (Å²) < 4.78 is 31.8. The fourth-order valence-corrected chi connectivity index (χ4v) is 2.98. The SMILES string of the molecule is CCNC(CCCC1CCCO1)Cc1ccc(F)c(F)c1. The number of nitrogens with one attached hydrogen (secondary N) is 1. The van der Waals surface area contributed by atoms with Crippen LogP contribution in [0.5, 0.6) is 0 Å². The molecule has 0 aromatic heterocycles. The molecule has 21 heavy (non-hydrogen) atoms. The summed E-state index contributed by atoms with van der Waals surface area (Å²) >= 11 is 0. The third-order valence-electron chi connectivity index (χ3n) is 4.06. The lowest BCUT2D eigenvalue weighted by molar-refractivity contribution is 0.101. The molecular formula is C17H25F2NO. The maximum atomic E-state index is 13.3. The summed E-state index contributed by atoms with van der Waals surface area (Å²) in [4.78, 5) is 0. The second-order valence-corrected chi connectivity index (χ2v) is 5.77. The Balaban J connectivity index is 1.81. The van der Waals surface area contributed by atoms with Crippen molar-refractivity contribution in [1.82, 2.24) is 5.32 Å². The Hall–Kier alpha value is -1.00. The summed E-state index contributed by atoms with van der Waals surface area (Å²) in [5.74, 6) is -1.54. The lowest BCUT2D eigenvalue weighted by Crippen LogP contribution is -2.31. The third kappa shape index (κ3) is 5.36. The maximum absolute atomic E-state index is 13.3. The molecule has 2 nitrogen and oxygen atoms in total. The van der Waals surface area contributed by atoms with Crippen LogP contribution in [0.2, 0.25) is 0 Å². The van der Waals surface area contributed by atoms with Crippen LogP contribution in [0.25, 0.3) is 0 Å². The standard InChI is InChI=1S/C17H25F2NO/c1-2-20-14(5-3-6-15-7-4-10-21-15)11-13-8-9-16(18)17(19)12-13/h8-9,12,14-15,20H,2-7,10-11H2,1H3. The van der Waals surface area contributed by atoms with E-state index in [2.05, 4.69) is 12.2 Å². The summed E-state index contributed by atoms with van der Waals surface area (Å²) in [5, 5.41) is 3.43. The molecule has 2 atom stereocenters. The van der Waals surface area contributed by atoms with Gasteiger partial charge in [0.15, 0.2) is 11.6 Å². The maximum Gasteiger partial charge on any atom is 0.159 e. The van der Waals surface area contributed by atoms with Crippen molar-refractivity contribution in [3.63, 3.8) is 0 Å². The molecule has 0 spiro atoms. The van der Waals surface area contributed by atoms with E-state index in [1.54, 1.807) is 6.07 Å². The van der Waals surface area contributed by atoms with E-state index in [0.29, 0.717) is 12.1 Å². The minimum Gasteiger partial charge on any atom is -0.378 e. The van der Waals surface area contributed by atoms with Crippen molar-refractivity contribution in [2.45, 2.75) is 57.6 Å². The first-order chi connectivity index (χ1) is 10.2. The Kier molecular flexibility index (Phi) is 6.58. The van der Waals surface area contributed by atoms with E-state index < -0.39 is 11.6 Å². The predicted molar refractivity (Wildman–Crippen MR) is 80.4 cm³/mol. The Labute approximate surface area is 125 Å². The van der Waals surface area contributed by atoms with Crippen LogP contribution in [0, 0.1) is 11.6 Å². The number of rotatable bonds is 8. The lowest BCUT2D eigenvalue weighted by atomic mass is 9.99. The topological polar surface area (TPSA) is 21.3 Å². The van der Waals surface area contributed by atoms with Gasteiger partial charge in [0.05, 0.1) is 6.10 Å². The van der Waals surface area contributed by atoms with E-state index in [1.807, 2.05) is 0 Å². The number of hydrogen-bond acceptors (Lipinski definition) is 2. The highest BCUT2D eigenvalue weighted by molar-refractivity contribution is 5.18. The van der Waals surface area contributed by atoms with Crippen LogP contribution in [0.3, 0.4) is 0 Å². The molecule has 1 heterocycles. The Morgan fingerprint density at radius 3 is 2.86 bits per heavy atom. The predicted octanol–water partition coefficient (Wildman–Crippen LogP) is 3.83. The molecule has 0 amide bonds. The monoisotopic (exact) mass is 297 g/mol. The van der Waals surface area contributed by atoms with E-state index in [9.17, 15) is 8.78 Å². The molecule has 1 fully saturated rings. The van der Waals surface area contributed by atoms with Crippen LogP contribution < -0.4 is 5.32 Å². The molecule has 118 valence electrons. The highest BCUT2D eigenvalue weighted by Crippen LogP contribution is 2.19. The molecular weight excluding hydrogens is 272 g/mol. The third-order valence-corrected chi connectivity index (χ3v) is 4.06. The van der Waals surface area contributed by atoms with Crippen molar-refractivity contribution in [3.05, 3.63) is 35.4 Å². The quantitative estimate of drug-likeness (QED) is 0.787. The van der Waals surface area contributed by atoms with Crippen LogP contribution in [0.1, 0.15) is 44.6 Å². The van der Waals surface area contributed by atoms with Crippen LogP contribution >= 0.6 is 0 Å². The van der Waals surface area contributed by atoms with Gasteiger partial charge in [0.2, 0.25) is 0 Å². The van der Waals surface area contributed by atoms with E-state index in [4.69, 9.17) is 4.74 Å². The lowest BCUT2D eigenvalue weighted by Gasteiger charge is -2.19. The average molecular weight is 297 g/mol. The molecule has 0 aliphatic carbocycles. The van der Waals surface area contributed by atoms with E-state index >= 15 is 0 Å². The summed E-state index contributed by atoms with van der Waals surface area (Å²) in [5.41, 5.74) is 0.844. The van der Waals surface area contributed by atoms with Gasteiger partial charge in [0, 0.05) is 12.6 Å². The highest BCUT2D eigenvalue weighted by Gasteiger charge is 2.16. The molecule has 0 bridgehead atoms. The Morgan fingerprint density at radius 1 is 1.33 bits per heavy atom.